The number of carboxylic acid groups (broad SMARTS) is 1. The van der Waals surface area contributed by atoms with Crippen molar-refractivity contribution in [2.45, 2.75) is 52.4 Å². The van der Waals surface area contributed by atoms with Gasteiger partial charge in [-0.1, -0.05) is 43.0 Å². The molecule has 1 aliphatic carbocycles. The van der Waals surface area contributed by atoms with Crippen LogP contribution in [0.5, 0.6) is 0 Å². The minimum absolute atomic E-state index is 0.0973. The average Bonchev–Trinajstić information content (AvgIpc) is 2.50. The van der Waals surface area contributed by atoms with Crippen molar-refractivity contribution in [1.82, 2.24) is 5.32 Å². The molecule has 2 rings (SSSR count). The quantitative estimate of drug-likeness (QED) is 0.878. The lowest BCUT2D eigenvalue weighted by Crippen LogP contribution is -2.44. The van der Waals surface area contributed by atoms with E-state index in [0.717, 1.165) is 36.0 Å². The number of aliphatic carboxylic acids is 1. The number of nitrogens with one attached hydrogen (secondary N) is 1. The molecule has 120 valence electrons. The monoisotopic (exact) mass is 303 g/mol. The van der Waals surface area contributed by atoms with Crippen molar-refractivity contribution in [3.63, 3.8) is 0 Å². The number of benzene rings is 1. The molecule has 1 aromatic carbocycles. The first kappa shape index (κ1) is 16.5. The molecule has 0 aliphatic heterocycles. The van der Waals surface area contributed by atoms with Crippen LogP contribution in [0.25, 0.3) is 0 Å². The van der Waals surface area contributed by atoms with E-state index in [1.165, 1.54) is 0 Å². The number of carbonyl (C=O) groups excluding carboxylic acids is 1. The first-order chi connectivity index (χ1) is 10.4. The Balaban J connectivity index is 1.96. The van der Waals surface area contributed by atoms with Crippen molar-refractivity contribution in [2.75, 3.05) is 6.54 Å². The van der Waals surface area contributed by atoms with Crippen LogP contribution in [0.3, 0.4) is 0 Å². The molecule has 0 spiro atoms. The normalized spacial score (nSPS) is 17.0. The Morgan fingerprint density at radius 3 is 2.50 bits per heavy atom. The molecule has 1 amide bonds. The van der Waals surface area contributed by atoms with Crippen molar-refractivity contribution in [1.29, 1.82) is 0 Å². The van der Waals surface area contributed by atoms with Crippen LogP contribution in [0.15, 0.2) is 18.2 Å². The van der Waals surface area contributed by atoms with Gasteiger partial charge in [0.05, 0.1) is 11.8 Å². The van der Waals surface area contributed by atoms with Gasteiger partial charge in [0.2, 0.25) is 5.91 Å². The van der Waals surface area contributed by atoms with Crippen molar-refractivity contribution < 1.29 is 14.7 Å². The van der Waals surface area contributed by atoms with Gasteiger partial charge >= 0.3 is 5.97 Å². The van der Waals surface area contributed by atoms with E-state index in [-0.39, 0.29) is 12.5 Å². The zero-order chi connectivity index (χ0) is 16.2. The zero-order valence-electron chi connectivity index (χ0n) is 13.4. The predicted molar refractivity (Wildman–Crippen MR) is 85.8 cm³/mol. The molecular formula is C18H25NO3. The molecular weight excluding hydrogens is 278 g/mol. The Bertz CT molecular complexity index is 559. The minimum Gasteiger partial charge on any atom is -0.481 e. The van der Waals surface area contributed by atoms with Crippen LogP contribution in [-0.2, 0) is 16.0 Å². The summed E-state index contributed by atoms with van der Waals surface area (Å²) in [6.07, 6.45) is 4.57. The first-order valence-corrected chi connectivity index (χ1v) is 7.99. The molecule has 0 atom stereocenters. The molecule has 0 aromatic heterocycles. The number of hydrogen-bond donors (Lipinski definition) is 2. The molecule has 2 N–H and O–H groups in total. The molecule has 4 nitrogen and oxygen atoms in total. The summed E-state index contributed by atoms with van der Waals surface area (Å²) < 4.78 is 0. The molecule has 0 heterocycles. The maximum atomic E-state index is 12.2. The molecule has 1 fully saturated rings. The fourth-order valence-corrected chi connectivity index (χ4v) is 3.19. The van der Waals surface area contributed by atoms with Gasteiger partial charge in [-0.25, -0.2) is 0 Å². The summed E-state index contributed by atoms with van der Waals surface area (Å²) in [5.41, 5.74) is 2.45. The number of amides is 1. The van der Waals surface area contributed by atoms with E-state index in [2.05, 4.69) is 5.32 Å². The zero-order valence-corrected chi connectivity index (χ0v) is 13.4. The first-order valence-electron chi connectivity index (χ1n) is 7.99. The highest BCUT2D eigenvalue weighted by atomic mass is 16.4. The minimum atomic E-state index is -0.778. The lowest BCUT2D eigenvalue weighted by Gasteiger charge is -2.33. The van der Waals surface area contributed by atoms with Gasteiger partial charge in [-0.3, -0.25) is 9.59 Å². The van der Waals surface area contributed by atoms with E-state index in [4.69, 9.17) is 0 Å². The fraction of sp³-hybridized carbons (Fsp3) is 0.556. The third-order valence-corrected chi connectivity index (χ3v) is 4.74. The molecule has 0 bridgehead atoms. The second-order valence-electron chi connectivity index (χ2n) is 6.53. The van der Waals surface area contributed by atoms with Crippen LogP contribution in [0.4, 0.5) is 0 Å². The summed E-state index contributed by atoms with van der Waals surface area (Å²) in [7, 11) is 0. The summed E-state index contributed by atoms with van der Waals surface area (Å²) in [5, 5.41) is 12.4. The highest BCUT2D eigenvalue weighted by Crippen LogP contribution is 2.36. The summed E-state index contributed by atoms with van der Waals surface area (Å²) in [6, 6.07) is 6.05. The van der Waals surface area contributed by atoms with E-state index < -0.39 is 11.4 Å². The second kappa shape index (κ2) is 6.95. The molecule has 1 saturated carbocycles. The standard InChI is InChI=1S/C18H25NO3/c1-13-6-7-14(2)15(10-13)11-16(20)19-12-18(17(21)22)8-4-3-5-9-18/h6-7,10H,3-5,8-9,11-12H2,1-2H3,(H,19,20)(H,21,22). The van der Waals surface area contributed by atoms with E-state index in [0.29, 0.717) is 19.3 Å². The van der Waals surface area contributed by atoms with Gasteiger partial charge in [0.25, 0.3) is 0 Å². The van der Waals surface area contributed by atoms with E-state index >= 15 is 0 Å². The van der Waals surface area contributed by atoms with Crippen molar-refractivity contribution >= 4 is 11.9 Å². The fourth-order valence-electron chi connectivity index (χ4n) is 3.19. The lowest BCUT2D eigenvalue weighted by molar-refractivity contribution is -0.151. The van der Waals surface area contributed by atoms with Crippen molar-refractivity contribution in [3.8, 4) is 0 Å². The summed E-state index contributed by atoms with van der Waals surface area (Å²) in [6.45, 7) is 4.23. The maximum absolute atomic E-state index is 12.2. The van der Waals surface area contributed by atoms with Gasteiger partial charge in [-0.15, -0.1) is 0 Å². The highest BCUT2D eigenvalue weighted by molar-refractivity contribution is 5.81. The van der Waals surface area contributed by atoms with Gasteiger partial charge in [-0.2, -0.15) is 0 Å². The largest absolute Gasteiger partial charge is 0.481 e. The Morgan fingerprint density at radius 1 is 1.18 bits per heavy atom. The third-order valence-electron chi connectivity index (χ3n) is 4.74. The Morgan fingerprint density at radius 2 is 1.86 bits per heavy atom. The summed E-state index contributed by atoms with van der Waals surface area (Å²) in [5.74, 6) is -0.876. The number of aryl methyl sites for hydroxylation is 2. The predicted octanol–water partition coefficient (Wildman–Crippen LogP) is 3.00. The summed E-state index contributed by atoms with van der Waals surface area (Å²) >= 11 is 0. The Hall–Kier alpha value is -1.84. The average molecular weight is 303 g/mol. The van der Waals surface area contributed by atoms with Crippen LogP contribution in [0.2, 0.25) is 0 Å². The van der Waals surface area contributed by atoms with Crippen molar-refractivity contribution in [3.05, 3.63) is 34.9 Å². The van der Waals surface area contributed by atoms with Crippen LogP contribution in [-0.4, -0.2) is 23.5 Å². The second-order valence-corrected chi connectivity index (χ2v) is 6.53. The van der Waals surface area contributed by atoms with Crippen LogP contribution >= 0.6 is 0 Å². The van der Waals surface area contributed by atoms with Crippen molar-refractivity contribution in [2.24, 2.45) is 5.41 Å². The number of carbonyl (C=O) groups is 2. The van der Waals surface area contributed by atoms with Gasteiger partial charge in [0.15, 0.2) is 0 Å². The molecule has 0 radical (unpaired) electrons. The SMILES string of the molecule is Cc1ccc(C)c(CC(=O)NCC2(C(=O)O)CCCCC2)c1. The molecule has 1 aliphatic rings. The Labute approximate surface area is 131 Å². The van der Waals surface area contributed by atoms with E-state index in [9.17, 15) is 14.7 Å². The molecule has 1 aromatic rings. The summed E-state index contributed by atoms with van der Waals surface area (Å²) in [4.78, 5) is 23.8. The van der Waals surface area contributed by atoms with Crippen LogP contribution in [0, 0.1) is 19.3 Å². The molecule has 22 heavy (non-hydrogen) atoms. The lowest BCUT2D eigenvalue weighted by atomic mass is 9.74. The molecule has 0 saturated heterocycles. The number of carboxylic acids is 1. The maximum Gasteiger partial charge on any atom is 0.311 e. The van der Waals surface area contributed by atoms with Crippen LogP contribution < -0.4 is 5.32 Å². The highest BCUT2D eigenvalue weighted by Gasteiger charge is 2.39. The third kappa shape index (κ3) is 3.87. The topological polar surface area (TPSA) is 66.4 Å². The van der Waals surface area contributed by atoms with Gasteiger partial charge < -0.3 is 10.4 Å². The Kier molecular flexibility index (Phi) is 5.22. The van der Waals surface area contributed by atoms with Gasteiger partial charge in [0.1, 0.15) is 0 Å². The van der Waals surface area contributed by atoms with E-state index in [1.807, 2.05) is 32.0 Å². The number of hydrogen-bond acceptors (Lipinski definition) is 2. The molecule has 0 unspecified atom stereocenters. The van der Waals surface area contributed by atoms with Crippen LogP contribution in [0.1, 0.15) is 48.8 Å². The van der Waals surface area contributed by atoms with Gasteiger partial charge in [0, 0.05) is 6.54 Å². The van der Waals surface area contributed by atoms with E-state index in [1.54, 1.807) is 0 Å². The number of rotatable bonds is 5. The smallest absolute Gasteiger partial charge is 0.311 e. The van der Waals surface area contributed by atoms with Gasteiger partial charge in [-0.05, 0) is 37.8 Å². The molecule has 4 heteroatoms.